The van der Waals surface area contributed by atoms with Gasteiger partial charge in [0.2, 0.25) is 5.91 Å². The third-order valence-corrected chi connectivity index (χ3v) is 4.49. The SMILES string of the molecule is CCC(C)NC(=O)CCNC(C)c1cc(Cl)sc1Cl. The lowest BCUT2D eigenvalue weighted by Gasteiger charge is -2.14. The maximum absolute atomic E-state index is 11.6. The van der Waals surface area contributed by atoms with E-state index in [9.17, 15) is 4.79 Å². The van der Waals surface area contributed by atoms with Crippen LogP contribution in [0.15, 0.2) is 6.07 Å². The highest BCUT2D eigenvalue weighted by Crippen LogP contribution is 2.34. The Morgan fingerprint density at radius 3 is 2.63 bits per heavy atom. The molecule has 0 saturated carbocycles. The van der Waals surface area contributed by atoms with Gasteiger partial charge in [-0.05, 0) is 31.9 Å². The third-order valence-electron chi connectivity index (χ3n) is 2.97. The number of rotatable bonds is 7. The van der Waals surface area contributed by atoms with Gasteiger partial charge in [-0.15, -0.1) is 11.3 Å². The van der Waals surface area contributed by atoms with Crippen LogP contribution in [0.3, 0.4) is 0 Å². The minimum Gasteiger partial charge on any atom is -0.354 e. The summed E-state index contributed by atoms with van der Waals surface area (Å²) in [5.41, 5.74) is 0.985. The Hall–Kier alpha value is -0.290. The van der Waals surface area contributed by atoms with Crippen LogP contribution >= 0.6 is 34.5 Å². The third kappa shape index (κ3) is 5.69. The highest BCUT2D eigenvalue weighted by molar-refractivity contribution is 7.20. The smallest absolute Gasteiger partial charge is 0.221 e. The van der Waals surface area contributed by atoms with Crippen LogP contribution in [0.2, 0.25) is 8.67 Å². The molecule has 0 fully saturated rings. The highest BCUT2D eigenvalue weighted by atomic mass is 35.5. The van der Waals surface area contributed by atoms with Crippen molar-refractivity contribution < 1.29 is 4.79 Å². The molecular formula is C13H20Cl2N2OS. The molecule has 108 valence electrons. The summed E-state index contributed by atoms with van der Waals surface area (Å²) in [6.45, 7) is 6.68. The van der Waals surface area contributed by atoms with Crippen molar-refractivity contribution in [2.75, 3.05) is 6.54 Å². The number of carbonyl (C=O) groups is 1. The summed E-state index contributed by atoms with van der Waals surface area (Å²) in [6.07, 6.45) is 1.41. The van der Waals surface area contributed by atoms with E-state index in [-0.39, 0.29) is 18.0 Å². The molecule has 0 spiro atoms. The van der Waals surface area contributed by atoms with Gasteiger partial charge in [-0.2, -0.15) is 0 Å². The summed E-state index contributed by atoms with van der Waals surface area (Å²) in [5, 5.41) is 6.21. The van der Waals surface area contributed by atoms with Gasteiger partial charge in [0.25, 0.3) is 0 Å². The summed E-state index contributed by atoms with van der Waals surface area (Å²) >= 11 is 13.4. The molecule has 0 bridgehead atoms. The van der Waals surface area contributed by atoms with Crippen molar-refractivity contribution >= 4 is 40.4 Å². The summed E-state index contributed by atoms with van der Waals surface area (Å²) in [6, 6.07) is 2.19. The number of thiophene rings is 1. The van der Waals surface area contributed by atoms with Crippen LogP contribution in [0.5, 0.6) is 0 Å². The lowest BCUT2D eigenvalue weighted by molar-refractivity contribution is -0.121. The van der Waals surface area contributed by atoms with Crippen LogP contribution in [-0.2, 0) is 4.79 Å². The molecule has 0 aliphatic rings. The number of carbonyl (C=O) groups excluding carboxylic acids is 1. The molecule has 2 atom stereocenters. The van der Waals surface area contributed by atoms with Crippen LogP contribution in [-0.4, -0.2) is 18.5 Å². The van der Waals surface area contributed by atoms with Gasteiger partial charge in [0, 0.05) is 25.0 Å². The Kier molecular flexibility index (Phi) is 7.15. The predicted molar refractivity (Wildman–Crippen MR) is 83.3 cm³/mol. The van der Waals surface area contributed by atoms with Crippen molar-refractivity contribution in [3.05, 3.63) is 20.3 Å². The van der Waals surface area contributed by atoms with Gasteiger partial charge in [-0.1, -0.05) is 30.1 Å². The topological polar surface area (TPSA) is 41.1 Å². The Labute approximate surface area is 128 Å². The first-order valence-electron chi connectivity index (χ1n) is 6.41. The quantitative estimate of drug-likeness (QED) is 0.796. The first kappa shape index (κ1) is 16.8. The van der Waals surface area contributed by atoms with E-state index in [1.54, 1.807) is 0 Å². The molecule has 1 amide bonds. The molecule has 6 heteroatoms. The van der Waals surface area contributed by atoms with Gasteiger partial charge in [-0.3, -0.25) is 4.79 Å². The molecule has 0 aromatic carbocycles. The zero-order valence-electron chi connectivity index (χ0n) is 11.4. The maximum Gasteiger partial charge on any atom is 0.221 e. The summed E-state index contributed by atoms with van der Waals surface area (Å²) in [4.78, 5) is 11.6. The van der Waals surface area contributed by atoms with Crippen molar-refractivity contribution in [2.45, 2.75) is 45.7 Å². The van der Waals surface area contributed by atoms with Gasteiger partial charge in [0.05, 0.1) is 8.67 Å². The van der Waals surface area contributed by atoms with Gasteiger partial charge in [-0.25, -0.2) is 0 Å². The predicted octanol–water partition coefficient (Wildman–Crippen LogP) is 4.01. The molecule has 0 radical (unpaired) electrons. The Balaban J connectivity index is 2.33. The van der Waals surface area contributed by atoms with Crippen LogP contribution in [0.25, 0.3) is 0 Å². The Morgan fingerprint density at radius 2 is 2.11 bits per heavy atom. The van der Waals surface area contributed by atoms with Crippen molar-refractivity contribution in [1.29, 1.82) is 0 Å². The van der Waals surface area contributed by atoms with Gasteiger partial charge in [0.15, 0.2) is 0 Å². The zero-order chi connectivity index (χ0) is 14.4. The van der Waals surface area contributed by atoms with Crippen molar-refractivity contribution in [3.63, 3.8) is 0 Å². The second-order valence-corrected chi connectivity index (χ2v) is 6.87. The number of hydrogen-bond acceptors (Lipinski definition) is 3. The molecule has 0 saturated heterocycles. The average molecular weight is 323 g/mol. The van der Waals surface area contributed by atoms with E-state index in [2.05, 4.69) is 10.6 Å². The lowest BCUT2D eigenvalue weighted by Crippen LogP contribution is -2.34. The average Bonchev–Trinajstić information content (AvgIpc) is 2.68. The fraction of sp³-hybridized carbons (Fsp3) is 0.615. The van der Waals surface area contributed by atoms with E-state index in [0.717, 1.165) is 12.0 Å². The number of nitrogens with one attached hydrogen (secondary N) is 2. The van der Waals surface area contributed by atoms with Gasteiger partial charge in [0.1, 0.15) is 0 Å². The minimum atomic E-state index is 0.0727. The van der Waals surface area contributed by atoms with Crippen molar-refractivity contribution in [1.82, 2.24) is 10.6 Å². The first-order chi connectivity index (χ1) is 8.93. The van der Waals surface area contributed by atoms with Gasteiger partial charge < -0.3 is 10.6 Å². The second kappa shape index (κ2) is 8.10. The molecule has 3 nitrogen and oxygen atoms in total. The summed E-state index contributed by atoms with van der Waals surface area (Å²) in [5.74, 6) is 0.0727. The molecule has 0 aliphatic carbocycles. The summed E-state index contributed by atoms with van der Waals surface area (Å²) in [7, 11) is 0. The molecule has 1 aromatic rings. The fourth-order valence-corrected chi connectivity index (χ4v) is 3.26. The normalized spacial score (nSPS) is 14.2. The Bertz CT molecular complexity index is 423. The maximum atomic E-state index is 11.6. The Morgan fingerprint density at radius 1 is 1.42 bits per heavy atom. The first-order valence-corrected chi connectivity index (χ1v) is 7.98. The second-order valence-electron chi connectivity index (χ2n) is 4.58. The van der Waals surface area contributed by atoms with Crippen LogP contribution in [0.1, 0.15) is 45.2 Å². The van der Waals surface area contributed by atoms with E-state index in [0.29, 0.717) is 21.6 Å². The van der Waals surface area contributed by atoms with Crippen LogP contribution < -0.4 is 10.6 Å². The van der Waals surface area contributed by atoms with E-state index < -0.39 is 0 Å². The molecule has 1 heterocycles. The molecule has 2 unspecified atom stereocenters. The minimum absolute atomic E-state index is 0.0727. The number of halogens is 2. The zero-order valence-corrected chi connectivity index (χ0v) is 13.8. The monoisotopic (exact) mass is 322 g/mol. The van der Waals surface area contributed by atoms with Crippen molar-refractivity contribution in [3.8, 4) is 0 Å². The largest absolute Gasteiger partial charge is 0.354 e. The molecule has 19 heavy (non-hydrogen) atoms. The van der Waals surface area contributed by atoms with Crippen LogP contribution in [0.4, 0.5) is 0 Å². The van der Waals surface area contributed by atoms with E-state index >= 15 is 0 Å². The fourth-order valence-electron chi connectivity index (χ4n) is 1.61. The number of amides is 1. The van der Waals surface area contributed by atoms with Crippen molar-refractivity contribution in [2.24, 2.45) is 0 Å². The molecule has 1 aromatic heterocycles. The van der Waals surface area contributed by atoms with E-state index in [1.807, 2.05) is 26.8 Å². The number of hydrogen-bond donors (Lipinski definition) is 2. The molecular weight excluding hydrogens is 303 g/mol. The van der Waals surface area contributed by atoms with Crippen LogP contribution in [0, 0.1) is 0 Å². The molecule has 1 rings (SSSR count). The molecule has 0 aliphatic heterocycles. The van der Waals surface area contributed by atoms with E-state index in [1.165, 1.54) is 11.3 Å². The highest BCUT2D eigenvalue weighted by Gasteiger charge is 2.13. The summed E-state index contributed by atoms with van der Waals surface area (Å²) < 4.78 is 1.39. The standard InChI is InChI=1S/C13H20Cl2N2OS/c1-4-8(2)17-12(18)5-6-16-9(3)10-7-11(14)19-13(10)15/h7-9,16H,4-6H2,1-3H3,(H,17,18). The van der Waals surface area contributed by atoms with E-state index in [4.69, 9.17) is 23.2 Å². The van der Waals surface area contributed by atoms with Gasteiger partial charge >= 0.3 is 0 Å². The lowest BCUT2D eigenvalue weighted by atomic mass is 10.2. The molecule has 2 N–H and O–H groups in total.